The molecule has 1 aliphatic carbocycles. The van der Waals surface area contributed by atoms with Gasteiger partial charge in [0, 0.05) is 5.69 Å². The number of aliphatic imine (C=N–C) groups is 1. The second-order valence-corrected chi connectivity index (χ2v) is 6.57. The molecule has 3 rings (SSSR count). The largest absolute Gasteiger partial charge is 0.495 e. The molecule has 0 unspecified atom stereocenters. The average Bonchev–Trinajstić information content (AvgIpc) is 2.52. The van der Waals surface area contributed by atoms with E-state index in [0.717, 1.165) is 18.5 Å². The number of aryl methyl sites for hydroxylation is 1. The number of nitrogens with zero attached hydrogens (tertiary/aromatic N) is 1. The molecular weight excluding hydrogens is 449 g/mol. The van der Waals surface area contributed by atoms with Crippen LogP contribution in [0.3, 0.4) is 0 Å². The van der Waals surface area contributed by atoms with E-state index < -0.39 is 0 Å². The van der Waals surface area contributed by atoms with Crippen LogP contribution in [-0.2, 0) is 0 Å². The molecule has 6 heteroatoms. The first-order chi connectivity index (χ1) is 11.6. The summed E-state index contributed by atoms with van der Waals surface area (Å²) in [6, 6.07) is 14.3. The Morgan fingerprint density at radius 3 is 2.60 bits per heavy atom. The van der Waals surface area contributed by atoms with Crippen LogP contribution in [0.15, 0.2) is 47.5 Å². The van der Waals surface area contributed by atoms with E-state index in [9.17, 15) is 0 Å². The number of hydrogen-bond donors (Lipinski definition) is 2. The van der Waals surface area contributed by atoms with Crippen LogP contribution in [0.1, 0.15) is 29.9 Å². The molecule has 134 valence electrons. The molecule has 2 aromatic rings. The Hall–Kier alpha value is -1.47. The van der Waals surface area contributed by atoms with Gasteiger partial charge in [-0.15, -0.1) is 24.0 Å². The third kappa shape index (κ3) is 4.79. The molecule has 0 spiro atoms. The fraction of sp³-hybridized carbons (Fsp3) is 0.316. The number of nitrogens with two attached hydrogens (primary N) is 1. The molecule has 0 bridgehead atoms. The van der Waals surface area contributed by atoms with Crippen molar-refractivity contribution in [3.05, 3.63) is 58.6 Å². The third-order valence-corrected chi connectivity index (χ3v) is 4.78. The normalized spacial score (nSPS) is 19.6. The van der Waals surface area contributed by atoms with Crippen LogP contribution in [0, 0.1) is 6.92 Å². The number of hydrogen-bond acceptors (Lipinski definition) is 2. The summed E-state index contributed by atoms with van der Waals surface area (Å²) in [7, 11) is 1.59. The summed E-state index contributed by atoms with van der Waals surface area (Å²) in [5.74, 6) is 1.64. The molecule has 0 aromatic heterocycles. The first kappa shape index (κ1) is 19.8. The highest BCUT2D eigenvalue weighted by molar-refractivity contribution is 14.0. The predicted octanol–water partition coefficient (Wildman–Crippen LogP) is 4.95. The molecule has 3 N–H and O–H groups in total. The second kappa shape index (κ2) is 8.76. The minimum atomic E-state index is 0. The maximum atomic E-state index is 6.11. The lowest BCUT2D eigenvalue weighted by atomic mass is 9.75. The van der Waals surface area contributed by atoms with Crippen molar-refractivity contribution in [2.24, 2.45) is 10.7 Å². The summed E-state index contributed by atoms with van der Waals surface area (Å²) < 4.78 is 5.14. The van der Waals surface area contributed by atoms with E-state index >= 15 is 0 Å². The Labute approximate surface area is 170 Å². The Bertz CT molecular complexity index is 760. The van der Waals surface area contributed by atoms with Crippen LogP contribution < -0.4 is 15.8 Å². The van der Waals surface area contributed by atoms with E-state index in [1.54, 1.807) is 19.2 Å². The van der Waals surface area contributed by atoms with E-state index in [0.29, 0.717) is 22.6 Å². The minimum Gasteiger partial charge on any atom is -0.495 e. The van der Waals surface area contributed by atoms with Crippen LogP contribution in [0.25, 0.3) is 0 Å². The van der Waals surface area contributed by atoms with Gasteiger partial charge in [-0.05, 0) is 55.0 Å². The lowest BCUT2D eigenvalue weighted by Crippen LogP contribution is -2.31. The summed E-state index contributed by atoms with van der Waals surface area (Å²) >= 11 is 6.11. The summed E-state index contributed by atoms with van der Waals surface area (Å²) in [6.07, 6.45) is 2.08. The number of nitrogens with one attached hydrogen (secondary N) is 1. The van der Waals surface area contributed by atoms with Crippen molar-refractivity contribution in [1.82, 2.24) is 0 Å². The highest BCUT2D eigenvalue weighted by Gasteiger charge is 2.30. The van der Waals surface area contributed by atoms with E-state index in [4.69, 9.17) is 22.1 Å². The van der Waals surface area contributed by atoms with Gasteiger partial charge in [-0.3, -0.25) is 0 Å². The molecule has 0 saturated heterocycles. The van der Waals surface area contributed by atoms with Crippen molar-refractivity contribution in [2.45, 2.75) is 31.7 Å². The second-order valence-electron chi connectivity index (χ2n) is 6.17. The van der Waals surface area contributed by atoms with Crippen LogP contribution >= 0.6 is 35.6 Å². The Balaban J connectivity index is 0.00000225. The SMILES string of the molecule is COc1ccc(NC(N)=NC2CC(c3ccccc3C)C2)cc1Cl.I. The summed E-state index contributed by atoms with van der Waals surface area (Å²) in [4.78, 5) is 4.56. The maximum Gasteiger partial charge on any atom is 0.193 e. The standard InChI is InChI=1S/C19H22ClN3O.HI/c1-12-5-3-4-6-16(12)13-9-15(10-13)23-19(21)22-14-7-8-18(24-2)17(20)11-14;/h3-8,11,13,15H,9-10H2,1-2H3,(H3,21,22,23);1H. The van der Waals surface area contributed by atoms with Crippen LogP contribution in [-0.4, -0.2) is 19.1 Å². The summed E-state index contributed by atoms with van der Waals surface area (Å²) in [5.41, 5.74) is 9.60. The fourth-order valence-electron chi connectivity index (χ4n) is 3.11. The van der Waals surface area contributed by atoms with Crippen molar-refractivity contribution >= 4 is 47.2 Å². The van der Waals surface area contributed by atoms with Crippen molar-refractivity contribution in [1.29, 1.82) is 0 Å². The number of guanidine groups is 1. The molecule has 0 atom stereocenters. The number of anilines is 1. The first-order valence-electron chi connectivity index (χ1n) is 8.06. The van der Waals surface area contributed by atoms with Crippen LogP contribution in [0.2, 0.25) is 5.02 Å². The van der Waals surface area contributed by atoms with E-state index in [1.165, 1.54) is 11.1 Å². The molecule has 0 heterocycles. The van der Waals surface area contributed by atoms with Gasteiger partial charge in [0.2, 0.25) is 0 Å². The van der Waals surface area contributed by atoms with Gasteiger partial charge in [-0.2, -0.15) is 0 Å². The summed E-state index contributed by atoms with van der Waals surface area (Å²) in [6.45, 7) is 2.16. The molecule has 2 aromatic carbocycles. The van der Waals surface area contributed by atoms with E-state index in [2.05, 4.69) is 41.5 Å². The van der Waals surface area contributed by atoms with Gasteiger partial charge in [-0.25, -0.2) is 4.99 Å². The number of halogens is 2. The van der Waals surface area contributed by atoms with Crippen molar-refractivity contribution in [3.8, 4) is 5.75 Å². The van der Waals surface area contributed by atoms with Gasteiger partial charge in [0.1, 0.15) is 5.75 Å². The molecule has 1 fully saturated rings. The topological polar surface area (TPSA) is 59.6 Å². The number of methoxy groups -OCH3 is 1. The Morgan fingerprint density at radius 1 is 1.24 bits per heavy atom. The molecule has 0 aliphatic heterocycles. The molecule has 4 nitrogen and oxygen atoms in total. The molecule has 0 radical (unpaired) electrons. The highest BCUT2D eigenvalue weighted by atomic mass is 127. The van der Waals surface area contributed by atoms with Gasteiger partial charge in [0.25, 0.3) is 0 Å². The zero-order valence-corrected chi connectivity index (χ0v) is 17.4. The minimum absolute atomic E-state index is 0. The lowest BCUT2D eigenvalue weighted by Gasteiger charge is -2.34. The first-order valence-corrected chi connectivity index (χ1v) is 8.44. The number of benzene rings is 2. The number of ether oxygens (including phenoxy) is 1. The van der Waals surface area contributed by atoms with E-state index in [1.807, 2.05) is 6.07 Å². The Kier molecular flexibility index (Phi) is 6.95. The van der Waals surface area contributed by atoms with Gasteiger partial charge in [0.15, 0.2) is 5.96 Å². The van der Waals surface area contributed by atoms with Crippen LogP contribution in [0.5, 0.6) is 5.75 Å². The highest BCUT2D eigenvalue weighted by Crippen LogP contribution is 2.40. The van der Waals surface area contributed by atoms with E-state index in [-0.39, 0.29) is 30.0 Å². The molecule has 0 amide bonds. The number of rotatable bonds is 4. The predicted molar refractivity (Wildman–Crippen MR) is 116 cm³/mol. The van der Waals surface area contributed by atoms with Gasteiger partial charge in [0.05, 0.1) is 18.2 Å². The quantitative estimate of drug-likeness (QED) is 0.377. The zero-order chi connectivity index (χ0) is 17.1. The Morgan fingerprint density at radius 2 is 1.96 bits per heavy atom. The van der Waals surface area contributed by atoms with Gasteiger partial charge < -0.3 is 15.8 Å². The fourth-order valence-corrected chi connectivity index (χ4v) is 3.37. The molecule has 1 aliphatic rings. The third-order valence-electron chi connectivity index (χ3n) is 4.49. The lowest BCUT2D eigenvalue weighted by molar-refractivity contribution is 0.352. The summed E-state index contributed by atoms with van der Waals surface area (Å²) in [5, 5.41) is 3.63. The smallest absolute Gasteiger partial charge is 0.193 e. The zero-order valence-electron chi connectivity index (χ0n) is 14.3. The molecule has 25 heavy (non-hydrogen) atoms. The van der Waals surface area contributed by atoms with Gasteiger partial charge >= 0.3 is 0 Å². The van der Waals surface area contributed by atoms with Crippen molar-refractivity contribution < 1.29 is 4.74 Å². The van der Waals surface area contributed by atoms with Gasteiger partial charge in [-0.1, -0.05) is 35.9 Å². The van der Waals surface area contributed by atoms with Crippen molar-refractivity contribution in [3.63, 3.8) is 0 Å². The maximum absolute atomic E-state index is 6.11. The average molecular weight is 472 g/mol. The monoisotopic (exact) mass is 471 g/mol. The molecular formula is C19H23ClIN3O. The van der Waals surface area contributed by atoms with Crippen LogP contribution in [0.4, 0.5) is 5.69 Å². The van der Waals surface area contributed by atoms with Crippen molar-refractivity contribution in [2.75, 3.05) is 12.4 Å². The molecule has 1 saturated carbocycles.